The number of urea groups is 1. The van der Waals surface area contributed by atoms with Gasteiger partial charge in [0.25, 0.3) is 0 Å². The first kappa shape index (κ1) is 29.5. The van der Waals surface area contributed by atoms with Crippen LogP contribution in [-0.2, 0) is 36.3 Å². The fraction of sp³-hybridized carbons (Fsp3) is 0.385. The molecule has 0 radical (unpaired) electrons. The van der Waals surface area contributed by atoms with Crippen molar-refractivity contribution in [1.82, 2.24) is 25.1 Å². The van der Waals surface area contributed by atoms with Gasteiger partial charge >= 0.3 is 12.0 Å². The van der Waals surface area contributed by atoms with Gasteiger partial charge in [-0.2, -0.15) is 0 Å². The largest absolute Gasteiger partial charge is 0.481 e. The van der Waals surface area contributed by atoms with Crippen molar-refractivity contribution < 1.29 is 28.7 Å². The zero-order chi connectivity index (χ0) is 28.3. The molecule has 39 heavy (non-hydrogen) atoms. The Morgan fingerprint density at radius 3 is 2.36 bits per heavy atom. The summed E-state index contributed by atoms with van der Waals surface area (Å²) in [6.07, 6.45) is -1.47. The number of carbonyl (C=O) groups is 4. The highest BCUT2D eigenvalue weighted by molar-refractivity contribution is 14.1. The van der Waals surface area contributed by atoms with Crippen LogP contribution in [0.25, 0.3) is 0 Å². The summed E-state index contributed by atoms with van der Waals surface area (Å²) in [6, 6.07) is 9.96. The Kier molecular flexibility index (Phi) is 9.64. The summed E-state index contributed by atoms with van der Waals surface area (Å²) >= 11 is 4.60. The minimum absolute atomic E-state index is 0.0165. The van der Waals surface area contributed by atoms with Gasteiger partial charge in [-0.05, 0) is 34.4 Å². The van der Waals surface area contributed by atoms with E-state index in [1.807, 2.05) is 18.2 Å². The molecular formula is C26H28FI2N5O5. The third-order valence-corrected chi connectivity index (χ3v) is 8.45. The number of rotatable bonds is 8. The average molecular weight is 763 g/mol. The Hall–Kier alpha value is -2.53. The zero-order valence-corrected chi connectivity index (χ0v) is 25.5. The number of hydrazine groups is 1. The van der Waals surface area contributed by atoms with Crippen molar-refractivity contribution in [2.75, 3.05) is 20.1 Å². The highest BCUT2D eigenvalue weighted by Crippen LogP contribution is 2.29. The van der Waals surface area contributed by atoms with Crippen LogP contribution in [-0.4, -0.2) is 81.1 Å². The van der Waals surface area contributed by atoms with E-state index in [0.717, 1.165) is 20.0 Å². The topological polar surface area (TPSA) is 114 Å². The fourth-order valence-electron chi connectivity index (χ4n) is 4.93. The van der Waals surface area contributed by atoms with Crippen LogP contribution >= 0.6 is 45.2 Å². The summed E-state index contributed by atoms with van der Waals surface area (Å²) in [5.41, 5.74) is 3.93. The molecule has 0 aromatic heterocycles. The number of carboxylic acid groups (broad SMARTS) is 1. The molecule has 0 saturated carbocycles. The standard InChI is InChI=1S/C26H28FI2N5O5/c1-31-15-23(35)33-21(9-24(36)37)25(38)32(13-17-2-5-18(10-28)19(8-17)11-29)14-22(33)34(31)26(39)30-12-16-3-6-20(27)7-4-16/h2-8,21-22H,9-15H2,1H3,(H,30,39)(H,36,37)/t21-,22-/m0/s1. The monoisotopic (exact) mass is 763 g/mol. The number of carbonyl (C=O) groups excluding carboxylic acids is 3. The number of piperazine rings is 1. The molecule has 0 spiro atoms. The average Bonchev–Trinajstić information content (AvgIpc) is 2.90. The van der Waals surface area contributed by atoms with Crippen LogP contribution < -0.4 is 5.32 Å². The number of hydrogen-bond donors (Lipinski definition) is 2. The number of likely N-dealkylation sites (N-methyl/N-ethyl adjacent to an activating group) is 1. The van der Waals surface area contributed by atoms with E-state index >= 15 is 0 Å². The van der Waals surface area contributed by atoms with Crippen LogP contribution in [0.2, 0.25) is 0 Å². The first-order valence-electron chi connectivity index (χ1n) is 12.2. The predicted octanol–water partition coefficient (Wildman–Crippen LogP) is 3.11. The first-order valence-corrected chi connectivity index (χ1v) is 15.2. The van der Waals surface area contributed by atoms with Crippen LogP contribution in [0.15, 0.2) is 42.5 Å². The summed E-state index contributed by atoms with van der Waals surface area (Å²) in [5, 5.41) is 15.2. The van der Waals surface area contributed by atoms with E-state index in [1.165, 1.54) is 37.5 Å². The van der Waals surface area contributed by atoms with E-state index in [2.05, 4.69) is 50.5 Å². The maximum Gasteiger partial charge on any atom is 0.334 e. The van der Waals surface area contributed by atoms with Crippen LogP contribution in [0.1, 0.15) is 28.7 Å². The molecule has 2 aliphatic heterocycles. The van der Waals surface area contributed by atoms with Gasteiger partial charge in [0.1, 0.15) is 18.0 Å². The number of halogens is 3. The molecule has 0 bridgehead atoms. The van der Waals surface area contributed by atoms with Crippen LogP contribution in [0.5, 0.6) is 0 Å². The van der Waals surface area contributed by atoms with E-state index in [4.69, 9.17) is 0 Å². The van der Waals surface area contributed by atoms with Gasteiger partial charge in [0, 0.05) is 29.0 Å². The van der Waals surface area contributed by atoms with Gasteiger partial charge in [-0.25, -0.2) is 19.2 Å². The van der Waals surface area contributed by atoms with Crippen LogP contribution in [0.4, 0.5) is 9.18 Å². The molecule has 2 aromatic carbocycles. The number of carboxylic acids is 1. The van der Waals surface area contributed by atoms with E-state index < -0.39 is 42.4 Å². The van der Waals surface area contributed by atoms with E-state index in [9.17, 15) is 28.7 Å². The molecule has 2 aliphatic rings. The number of aliphatic carboxylic acids is 1. The SMILES string of the molecule is CN1CC(=O)N2[C@@H](CC(=O)O)C(=O)N(Cc3ccc(CI)c(CI)c3)C[C@@H]2N1C(=O)NCc1ccc(F)cc1. The Bertz CT molecular complexity index is 1260. The quantitative estimate of drug-likeness (QED) is 0.316. The Morgan fingerprint density at radius 1 is 1.05 bits per heavy atom. The molecule has 4 rings (SSSR count). The molecule has 2 saturated heterocycles. The fourth-order valence-corrected chi connectivity index (χ4v) is 6.38. The Labute approximate surface area is 252 Å². The number of benzene rings is 2. The number of fused-ring (bicyclic) bond motifs is 1. The van der Waals surface area contributed by atoms with Crippen molar-refractivity contribution in [3.8, 4) is 0 Å². The molecular weight excluding hydrogens is 735 g/mol. The van der Waals surface area contributed by atoms with Crippen molar-refractivity contribution in [1.29, 1.82) is 0 Å². The summed E-state index contributed by atoms with van der Waals surface area (Å²) in [6.45, 7) is 0.157. The molecule has 4 amide bonds. The Balaban J connectivity index is 1.62. The van der Waals surface area contributed by atoms with Crippen molar-refractivity contribution in [3.05, 3.63) is 70.5 Å². The second kappa shape index (κ2) is 12.8. The van der Waals surface area contributed by atoms with Gasteiger partial charge in [-0.3, -0.25) is 14.4 Å². The van der Waals surface area contributed by atoms with Gasteiger partial charge in [-0.15, -0.1) is 0 Å². The normalized spacial score (nSPS) is 19.7. The van der Waals surface area contributed by atoms with E-state index in [1.54, 1.807) is 19.2 Å². The minimum Gasteiger partial charge on any atom is -0.481 e. The van der Waals surface area contributed by atoms with Crippen LogP contribution in [0, 0.1) is 5.82 Å². The summed E-state index contributed by atoms with van der Waals surface area (Å²) in [7, 11) is 1.59. The minimum atomic E-state index is -1.24. The lowest BCUT2D eigenvalue weighted by Crippen LogP contribution is -2.76. The number of nitrogens with one attached hydrogen (secondary N) is 1. The highest BCUT2D eigenvalue weighted by atomic mass is 127. The number of amides is 4. The van der Waals surface area contributed by atoms with Crippen LogP contribution in [0.3, 0.4) is 0 Å². The predicted molar refractivity (Wildman–Crippen MR) is 157 cm³/mol. The van der Waals surface area contributed by atoms with Crippen molar-refractivity contribution in [2.45, 2.75) is 40.6 Å². The lowest BCUT2D eigenvalue weighted by Gasteiger charge is -2.54. The molecule has 2 N–H and O–H groups in total. The molecule has 0 unspecified atom stereocenters. The molecule has 13 heteroatoms. The molecule has 2 atom stereocenters. The maximum absolute atomic E-state index is 13.5. The smallest absolute Gasteiger partial charge is 0.334 e. The van der Waals surface area contributed by atoms with Gasteiger partial charge in [0.05, 0.1) is 19.5 Å². The first-order chi connectivity index (χ1) is 18.6. The lowest BCUT2D eigenvalue weighted by molar-refractivity contribution is -0.189. The van der Waals surface area contributed by atoms with Gasteiger partial charge in [0.2, 0.25) is 11.8 Å². The molecule has 208 valence electrons. The molecule has 2 fully saturated rings. The van der Waals surface area contributed by atoms with Gasteiger partial charge in [-0.1, -0.05) is 75.5 Å². The van der Waals surface area contributed by atoms with E-state index in [-0.39, 0.29) is 32.0 Å². The number of hydrogen-bond acceptors (Lipinski definition) is 5. The third-order valence-electron chi connectivity index (χ3n) is 6.80. The van der Waals surface area contributed by atoms with Crippen molar-refractivity contribution >= 4 is 69.0 Å². The number of alkyl halides is 2. The molecule has 2 aromatic rings. The highest BCUT2D eigenvalue weighted by Gasteiger charge is 2.51. The Morgan fingerprint density at radius 2 is 1.72 bits per heavy atom. The van der Waals surface area contributed by atoms with E-state index in [0.29, 0.717) is 5.56 Å². The van der Waals surface area contributed by atoms with Gasteiger partial charge < -0.3 is 20.2 Å². The second-order valence-corrected chi connectivity index (χ2v) is 11.0. The molecule has 10 nitrogen and oxygen atoms in total. The molecule has 0 aliphatic carbocycles. The van der Waals surface area contributed by atoms with Crippen molar-refractivity contribution in [3.63, 3.8) is 0 Å². The lowest BCUT2D eigenvalue weighted by atomic mass is 10.0. The zero-order valence-electron chi connectivity index (χ0n) is 21.1. The third kappa shape index (κ3) is 6.62. The second-order valence-electron chi connectivity index (χ2n) is 9.43. The van der Waals surface area contributed by atoms with Crippen molar-refractivity contribution in [2.24, 2.45) is 0 Å². The number of nitrogens with zero attached hydrogens (tertiary/aromatic N) is 4. The summed E-state index contributed by atoms with van der Waals surface area (Å²) in [4.78, 5) is 54.5. The summed E-state index contributed by atoms with van der Waals surface area (Å²) < 4.78 is 14.9. The summed E-state index contributed by atoms with van der Waals surface area (Å²) in [5.74, 6) is -2.50. The van der Waals surface area contributed by atoms with Gasteiger partial charge in [0.15, 0.2) is 0 Å². The maximum atomic E-state index is 13.5. The molecule has 2 heterocycles.